The first-order valence-electron chi connectivity index (χ1n) is 10.7. The number of hydrogen-bond donors (Lipinski definition) is 3. The molecule has 9 nitrogen and oxygen atoms in total. The second-order valence-corrected chi connectivity index (χ2v) is 8.18. The number of aromatic nitrogens is 4. The van der Waals surface area contributed by atoms with E-state index in [1.54, 1.807) is 9.58 Å². The number of nitrogen functional groups attached to an aromatic ring is 1. The first-order chi connectivity index (χ1) is 16.3. The minimum Gasteiger partial charge on any atom is -0.381 e. The van der Waals surface area contributed by atoms with Gasteiger partial charge >= 0.3 is 0 Å². The molecule has 0 saturated carbocycles. The molecule has 5 rings (SSSR count). The van der Waals surface area contributed by atoms with E-state index in [2.05, 4.69) is 15.0 Å². The number of aryl methyl sites for hydroxylation is 2. The zero-order valence-corrected chi connectivity index (χ0v) is 18.7. The summed E-state index contributed by atoms with van der Waals surface area (Å²) >= 11 is 0. The van der Waals surface area contributed by atoms with Crippen molar-refractivity contribution in [2.75, 3.05) is 10.9 Å². The van der Waals surface area contributed by atoms with Crippen LogP contribution < -0.4 is 16.5 Å². The number of anilines is 2. The third-order valence-corrected chi connectivity index (χ3v) is 5.64. The normalized spacial score (nSPS) is 13.4. The Hall–Kier alpha value is -4.15. The van der Waals surface area contributed by atoms with Crippen LogP contribution in [-0.4, -0.2) is 29.7 Å². The van der Waals surface area contributed by atoms with Crippen molar-refractivity contribution in [1.29, 1.82) is 5.41 Å². The molecule has 1 aromatic carbocycles. The maximum absolute atomic E-state index is 13.6. The smallest absolute Gasteiger partial charge is 0.225 e. The lowest BCUT2D eigenvalue weighted by molar-refractivity contribution is 0.0614. The molecule has 0 radical (unpaired) electrons. The highest BCUT2D eigenvalue weighted by Crippen LogP contribution is 2.40. The predicted molar refractivity (Wildman–Crippen MR) is 125 cm³/mol. The lowest BCUT2D eigenvalue weighted by Crippen LogP contribution is -2.35. The lowest BCUT2D eigenvalue weighted by atomic mass is 9.99. The maximum atomic E-state index is 13.6. The van der Waals surface area contributed by atoms with E-state index in [0.29, 0.717) is 22.8 Å². The molecule has 0 bridgehead atoms. The van der Waals surface area contributed by atoms with E-state index in [-0.39, 0.29) is 24.6 Å². The molecule has 0 aliphatic carbocycles. The van der Waals surface area contributed by atoms with Crippen molar-refractivity contribution in [3.05, 3.63) is 83.1 Å². The van der Waals surface area contributed by atoms with Gasteiger partial charge in [-0.3, -0.25) is 20.2 Å². The molecule has 4 heterocycles. The topological polar surface area (TPSA) is 120 Å². The van der Waals surface area contributed by atoms with Gasteiger partial charge in [0.1, 0.15) is 6.67 Å². The van der Waals surface area contributed by atoms with Crippen LogP contribution in [0.4, 0.5) is 16.0 Å². The monoisotopic (exact) mass is 458 g/mol. The largest absolute Gasteiger partial charge is 0.381 e. The Morgan fingerprint density at radius 3 is 2.38 bits per heavy atom. The Morgan fingerprint density at radius 2 is 1.71 bits per heavy atom. The Balaban J connectivity index is 1.68. The summed E-state index contributed by atoms with van der Waals surface area (Å²) in [5.74, 6) is -0.400. The van der Waals surface area contributed by atoms with Crippen molar-refractivity contribution >= 4 is 11.6 Å². The number of nitrogens with two attached hydrogens (primary N) is 1. The number of nitrogens with zero attached hydrogens (tertiary/aromatic N) is 6. The van der Waals surface area contributed by atoms with Gasteiger partial charge in [0.05, 0.1) is 23.5 Å². The molecule has 172 valence electrons. The third-order valence-electron chi connectivity index (χ3n) is 5.64. The molecular formula is C24H23FN8O. The number of rotatable bonds is 4. The van der Waals surface area contributed by atoms with Crippen LogP contribution in [0.25, 0.3) is 22.4 Å². The summed E-state index contributed by atoms with van der Waals surface area (Å²) in [6, 6.07) is 16.2. The number of hydrogen-bond acceptors (Lipinski definition) is 8. The van der Waals surface area contributed by atoms with Gasteiger partial charge in [0.25, 0.3) is 0 Å². The van der Waals surface area contributed by atoms with E-state index in [1.165, 1.54) is 12.1 Å². The van der Waals surface area contributed by atoms with Gasteiger partial charge < -0.3 is 5.73 Å². The number of hydrazine groups is 1. The van der Waals surface area contributed by atoms with Crippen molar-refractivity contribution in [2.45, 2.75) is 27.1 Å². The van der Waals surface area contributed by atoms with Crippen LogP contribution in [0.2, 0.25) is 0 Å². The van der Waals surface area contributed by atoms with E-state index < -0.39 is 5.82 Å². The molecule has 34 heavy (non-hydrogen) atoms. The number of nitrogens with one attached hydrogen (secondary N) is 1. The second kappa shape index (κ2) is 8.32. The van der Waals surface area contributed by atoms with E-state index in [4.69, 9.17) is 11.1 Å². The summed E-state index contributed by atoms with van der Waals surface area (Å²) in [7, 11) is 0. The van der Waals surface area contributed by atoms with Gasteiger partial charge in [0, 0.05) is 17.0 Å². The average Bonchev–Trinajstić information content (AvgIpc) is 3.13. The summed E-state index contributed by atoms with van der Waals surface area (Å²) < 4.78 is 15.2. The molecule has 0 atom stereocenters. The molecule has 1 aliphatic rings. The molecule has 4 N–H and O–H groups in total. The molecule has 4 aromatic rings. The van der Waals surface area contributed by atoms with Crippen molar-refractivity contribution in [1.82, 2.24) is 24.5 Å². The van der Waals surface area contributed by atoms with Gasteiger partial charge in [-0.05, 0) is 43.7 Å². The summed E-state index contributed by atoms with van der Waals surface area (Å²) in [6.45, 7) is 4.12. The molecule has 1 aliphatic heterocycles. The van der Waals surface area contributed by atoms with Gasteiger partial charge in [-0.15, -0.1) is 0 Å². The Kier molecular flexibility index (Phi) is 5.31. The predicted octanol–water partition coefficient (Wildman–Crippen LogP) is 3.41. The van der Waals surface area contributed by atoms with Crippen LogP contribution in [-0.2, 0) is 13.2 Å². The van der Waals surface area contributed by atoms with Crippen molar-refractivity contribution < 1.29 is 9.60 Å². The summed E-state index contributed by atoms with van der Waals surface area (Å²) in [5.41, 5.74) is 10.6. The van der Waals surface area contributed by atoms with Gasteiger partial charge in [-0.25, -0.2) is 14.4 Å². The Morgan fingerprint density at radius 1 is 1.00 bits per heavy atom. The SMILES string of the molecule is Cc1cc(-c2c(-c3ccccc3)nc(=N)n3c2N(O)N(Cc2ccc(F)c(N)n2)C3)cc(C)n1. The van der Waals surface area contributed by atoms with Gasteiger partial charge in [0.15, 0.2) is 17.5 Å². The molecule has 0 saturated heterocycles. The van der Waals surface area contributed by atoms with E-state index >= 15 is 0 Å². The van der Waals surface area contributed by atoms with Crippen LogP contribution in [0.3, 0.4) is 0 Å². The number of halogens is 1. The molecule has 0 unspecified atom stereocenters. The maximum Gasteiger partial charge on any atom is 0.225 e. The first-order valence-corrected chi connectivity index (χ1v) is 10.7. The molecule has 10 heteroatoms. The van der Waals surface area contributed by atoms with Crippen LogP contribution in [0.1, 0.15) is 17.1 Å². The zero-order chi connectivity index (χ0) is 24.0. The fourth-order valence-corrected chi connectivity index (χ4v) is 4.20. The van der Waals surface area contributed by atoms with Crippen LogP contribution in [0.15, 0.2) is 54.6 Å². The molecular weight excluding hydrogens is 435 g/mol. The van der Waals surface area contributed by atoms with Crippen LogP contribution in [0.5, 0.6) is 0 Å². The summed E-state index contributed by atoms with van der Waals surface area (Å²) in [4.78, 5) is 13.2. The summed E-state index contributed by atoms with van der Waals surface area (Å²) in [6.07, 6.45) is 0. The standard InChI is InChI=1S/C24H23FN8O/c1-14-10-17(11-15(2)28-14)20-21(16-6-4-3-5-7-16)30-24(27)32-13-31(33(34)23(20)32)12-18-8-9-19(25)22(26)29-18/h3-11,27,34H,12-13H2,1-2H3,(H2,26,29). The zero-order valence-electron chi connectivity index (χ0n) is 18.7. The molecule has 3 aromatic heterocycles. The number of pyridine rings is 2. The average molecular weight is 459 g/mol. The number of benzene rings is 1. The number of fused-ring (bicyclic) bond motifs is 1. The van der Waals surface area contributed by atoms with Crippen molar-refractivity contribution in [3.8, 4) is 22.4 Å². The first kappa shape index (κ1) is 21.7. The molecule has 0 amide bonds. The highest BCUT2D eigenvalue weighted by Gasteiger charge is 2.33. The Labute approximate surface area is 195 Å². The van der Waals surface area contributed by atoms with Gasteiger partial charge in [0.2, 0.25) is 5.62 Å². The highest BCUT2D eigenvalue weighted by atomic mass is 19.1. The quantitative estimate of drug-likeness (QED) is 0.429. The Bertz CT molecular complexity index is 1430. The third kappa shape index (κ3) is 3.78. The van der Waals surface area contributed by atoms with Gasteiger partial charge in [-0.2, -0.15) is 10.2 Å². The minimum absolute atomic E-state index is 0.00627. The highest BCUT2D eigenvalue weighted by molar-refractivity contribution is 5.88. The van der Waals surface area contributed by atoms with Crippen LogP contribution >= 0.6 is 0 Å². The second-order valence-electron chi connectivity index (χ2n) is 8.18. The summed E-state index contributed by atoms with van der Waals surface area (Å²) in [5, 5.41) is 22.5. The minimum atomic E-state index is -0.598. The fraction of sp³-hybridized carbons (Fsp3) is 0.167. The fourth-order valence-electron chi connectivity index (χ4n) is 4.20. The van der Waals surface area contributed by atoms with Crippen molar-refractivity contribution in [3.63, 3.8) is 0 Å². The van der Waals surface area contributed by atoms with Crippen LogP contribution in [0, 0.1) is 25.1 Å². The van der Waals surface area contributed by atoms with E-state index in [0.717, 1.165) is 27.7 Å². The molecule has 0 spiro atoms. The lowest BCUT2D eigenvalue weighted by Gasteiger charge is -2.23. The molecule has 0 fully saturated rings. The van der Waals surface area contributed by atoms with Gasteiger partial charge in [-0.1, -0.05) is 30.3 Å². The van der Waals surface area contributed by atoms with E-state index in [1.807, 2.05) is 56.3 Å². The van der Waals surface area contributed by atoms with Crippen molar-refractivity contribution in [2.24, 2.45) is 0 Å². The van der Waals surface area contributed by atoms with E-state index in [9.17, 15) is 9.60 Å².